The van der Waals surface area contributed by atoms with E-state index in [1.165, 1.54) is 0 Å². The summed E-state index contributed by atoms with van der Waals surface area (Å²) in [6, 6.07) is 9.86. The molecule has 0 aliphatic heterocycles. The number of hydrogen-bond acceptors (Lipinski definition) is 2. The molecule has 0 fully saturated rings. The number of aromatic nitrogens is 1. The molecule has 0 amide bonds. The average Bonchev–Trinajstić information content (AvgIpc) is 2.26. The van der Waals surface area contributed by atoms with E-state index in [1.807, 2.05) is 51.1 Å². The van der Waals surface area contributed by atoms with Crippen LogP contribution in [0.1, 0.15) is 20.8 Å². The van der Waals surface area contributed by atoms with E-state index in [9.17, 15) is 4.21 Å². The van der Waals surface area contributed by atoms with Crippen LogP contribution < -0.4 is 0 Å². The fraction of sp³-hybridized carbons (Fsp3) is 0.308. The smallest absolute Gasteiger partial charge is 0.135 e. The maximum atomic E-state index is 12.3. The molecular formula is C13H15NOS. The molecule has 0 bridgehead atoms. The first-order chi connectivity index (χ1) is 7.50. The standard InChI is InChI=1S/C13H15NOS/c1-13(2,3)16(15)12-11-7-5-4-6-10(11)8-9-14-12/h4-9H,1-3H3/t16-/m1/s1. The maximum absolute atomic E-state index is 12.3. The van der Waals surface area contributed by atoms with Crippen LogP contribution in [0.2, 0.25) is 0 Å². The SMILES string of the molecule is CC(C)(C)[S@](=O)c1nccc2ccccc12. The Kier molecular flexibility index (Phi) is 2.80. The second-order valence-corrected chi connectivity index (χ2v) is 6.87. The van der Waals surface area contributed by atoms with Gasteiger partial charge in [0.2, 0.25) is 0 Å². The van der Waals surface area contributed by atoms with Crippen molar-refractivity contribution in [2.75, 3.05) is 0 Å². The molecule has 1 heterocycles. The molecular weight excluding hydrogens is 218 g/mol. The highest BCUT2D eigenvalue weighted by molar-refractivity contribution is 7.86. The summed E-state index contributed by atoms with van der Waals surface area (Å²) in [5.41, 5.74) is 0. The number of pyridine rings is 1. The molecule has 0 saturated heterocycles. The summed E-state index contributed by atoms with van der Waals surface area (Å²) < 4.78 is 12.0. The lowest BCUT2D eigenvalue weighted by Gasteiger charge is -2.17. The summed E-state index contributed by atoms with van der Waals surface area (Å²) in [5.74, 6) is 0. The highest BCUT2D eigenvalue weighted by Crippen LogP contribution is 2.25. The predicted molar refractivity (Wildman–Crippen MR) is 67.9 cm³/mol. The molecule has 0 radical (unpaired) electrons. The van der Waals surface area contributed by atoms with Gasteiger partial charge in [0.25, 0.3) is 0 Å². The zero-order chi connectivity index (χ0) is 11.8. The van der Waals surface area contributed by atoms with Crippen molar-refractivity contribution in [2.45, 2.75) is 30.5 Å². The molecule has 16 heavy (non-hydrogen) atoms. The zero-order valence-electron chi connectivity index (χ0n) is 9.73. The van der Waals surface area contributed by atoms with Gasteiger partial charge in [0, 0.05) is 16.3 Å². The maximum Gasteiger partial charge on any atom is 0.135 e. The van der Waals surface area contributed by atoms with Crippen LogP contribution in [0.3, 0.4) is 0 Å². The summed E-state index contributed by atoms with van der Waals surface area (Å²) in [6.07, 6.45) is 1.72. The normalized spacial score (nSPS) is 13.9. The predicted octanol–water partition coefficient (Wildman–Crippen LogP) is 3.14. The number of benzene rings is 1. The summed E-state index contributed by atoms with van der Waals surface area (Å²) in [6.45, 7) is 5.89. The Hall–Kier alpha value is -1.22. The minimum atomic E-state index is -1.09. The highest BCUT2D eigenvalue weighted by Gasteiger charge is 2.23. The lowest BCUT2D eigenvalue weighted by molar-refractivity contribution is 0.646. The Morgan fingerprint density at radius 1 is 1.12 bits per heavy atom. The van der Waals surface area contributed by atoms with Crippen LogP contribution in [0.5, 0.6) is 0 Å². The molecule has 1 atom stereocenters. The first kappa shape index (κ1) is 11.3. The van der Waals surface area contributed by atoms with Crippen molar-refractivity contribution in [3.63, 3.8) is 0 Å². The quantitative estimate of drug-likeness (QED) is 0.757. The van der Waals surface area contributed by atoms with Crippen molar-refractivity contribution in [3.8, 4) is 0 Å². The van der Waals surface area contributed by atoms with E-state index in [0.717, 1.165) is 10.8 Å². The number of fused-ring (bicyclic) bond motifs is 1. The van der Waals surface area contributed by atoms with Crippen molar-refractivity contribution in [1.29, 1.82) is 0 Å². The molecule has 1 aromatic carbocycles. The fourth-order valence-corrected chi connectivity index (χ4v) is 2.65. The Bertz CT molecular complexity index is 538. The molecule has 1 aromatic heterocycles. The van der Waals surface area contributed by atoms with E-state index in [-0.39, 0.29) is 4.75 Å². The van der Waals surface area contributed by atoms with Crippen LogP contribution in [0, 0.1) is 0 Å². The topological polar surface area (TPSA) is 30.0 Å². The second kappa shape index (κ2) is 3.98. The third-order valence-electron chi connectivity index (χ3n) is 2.37. The van der Waals surface area contributed by atoms with Crippen molar-refractivity contribution in [1.82, 2.24) is 4.98 Å². The fourth-order valence-electron chi connectivity index (χ4n) is 1.53. The molecule has 0 saturated carbocycles. The first-order valence-electron chi connectivity index (χ1n) is 5.26. The zero-order valence-corrected chi connectivity index (χ0v) is 10.5. The van der Waals surface area contributed by atoms with Gasteiger partial charge in [0.1, 0.15) is 5.03 Å². The Morgan fingerprint density at radius 3 is 2.50 bits per heavy atom. The van der Waals surface area contributed by atoms with E-state index in [1.54, 1.807) is 6.20 Å². The average molecular weight is 233 g/mol. The van der Waals surface area contributed by atoms with Gasteiger partial charge >= 0.3 is 0 Å². The third-order valence-corrected chi connectivity index (χ3v) is 4.16. The van der Waals surface area contributed by atoms with Gasteiger partial charge in [0.15, 0.2) is 0 Å². The molecule has 0 spiro atoms. The van der Waals surface area contributed by atoms with Crippen LogP contribution in [0.4, 0.5) is 0 Å². The van der Waals surface area contributed by atoms with Gasteiger partial charge in [-0.15, -0.1) is 0 Å². The van der Waals surface area contributed by atoms with Crippen LogP contribution in [-0.4, -0.2) is 13.9 Å². The van der Waals surface area contributed by atoms with Crippen molar-refractivity contribution < 1.29 is 4.21 Å². The number of hydrogen-bond donors (Lipinski definition) is 0. The Labute approximate surface area is 98.2 Å². The monoisotopic (exact) mass is 233 g/mol. The molecule has 0 N–H and O–H groups in total. The Balaban J connectivity index is 2.66. The molecule has 84 valence electrons. The molecule has 2 nitrogen and oxygen atoms in total. The number of nitrogens with zero attached hydrogens (tertiary/aromatic N) is 1. The highest BCUT2D eigenvalue weighted by atomic mass is 32.2. The summed E-state index contributed by atoms with van der Waals surface area (Å²) in [4.78, 5) is 4.27. The van der Waals surface area contributed by atoms with Gasteiger partial charge in [-0.3, -0.25) is 4.21 Å². The van der Waals surface area contributed by atoms with E-state index in [4.69, 9.17) is 0 Å². The lowest BCUT2D eigenvalue weighted by Crippen LogP contribution is -2.22. The van der Waals surface area contributed by atoms with Gasteiger partial charge in [0.05, 0.1) is 10.8 Å². The van der Waals surface area contributed by atoms with E-state index < -0.39 is 10.8 Å². The molecule has 2 rings (SSSR count). The Morgan fingerprint density at radius 2 is 1.81 bits per heavy atom. The molecule has 2 aromatic rings. The van der Waals surface area contributed by atoms with E-state index in [2.05, 4.69) is 4.98 Å². The van der Waals surface area contributed by atoms with Crippen LogP contribution in [0.15, 0.2) is 41.6 Å². The van der Waals surface area contributed by atoms with Crippen molar-refractivity contribution in [2.24, 2.45) is 0 Å². The minimum absolute atomic E-state index is 0.281. The molecule has 0 aliphatic rings. The number of rotatable bonds is 1. The van der Waals surface area contributed by atoms with Crippen LogP contribution in [-0.2, 0) is 10.8 Å². The van der Waals surface area contributed by atoms with Gasteiger partial charge in [-0.05, 0) is 32.2 Å². The molecule has 0 unspecified atom stereocenters. The van der Waals surface area contributed by atoms with E-state index >= 15 is 0 Å². The third kappa shape index (κ3) is 2.00. The molecule has 3 heteroatoms. The summed E-state index contributed by atoms with van der Waals surface area (Å²) >= 11 is 0. The largest absolute Gasteiger partial charge is 0.252 e. The van der Waals surface area contributed by atoms with Gasteiger partial charge in [-0.25, -0.2) is 4.98 Å². The summed E-state index contributed by atoms with van der Waals surface area (Å²) in [5, 5.41) is 2.76. The minimum Gasteiger partial charge on any atom is -0.252 e. The lowest BCUT2D eigenvalue weighted by atomic mass is 10.2. The first-order valence-corrected chi connectivity index (χ1v) is 6.41. The molecule has 0 aliphatic carbocycles. The van der Waals surface area contributed by atoms with Gasteiger partial charge in [-0.1, -0.05) is 24.3 Å². The van der Waals surface area contributed by atoms with E-state index in [0.29, 0.717) is 5.03 Å². The van der Waals surface area contributed by atoms with Crippen molar-refractivity contribution >= 4 is 21.6 Å². The van der Waals surface area contributed by atoms with Gasteiger partial charge in [-0.2, -0.15) is 0 Å². The summed E-state index contributed by atoms with van der Waals surface area (Å²) in [7, 11) is -1.09. The van der Waals surface area contributed by atoms with Crippen LogP contribution in [0.25, 0.3) is 10.8 Å². The van der Waals surface area contributed by atoms with Gasteiger partial charge < -0.3 is 0 Å². The van der Waals surface area contributed by atoms with Crippen molar-refractivity contribution in [3.05, 3.63) is 36.5 Å². The van der Waals surface area contributed by atoms with Crippen LogP contribution >= 0.6 is 0 Å². The second-order valence-electron chi connectivity index (χ2n) is 4.72.